The zero-order valence-electron chi connectivity index (χ0n) is 19.7. The molecule has 1 heterocycles. The van der Waals surface area contributed by atoms with Crippen molar-refractivity contribution in [1.82, 2.24) is 4.90 Å². The number of nitro groups is 1. The van der Waals surface area contributed by atoms with E-state index in [1.54, 1.807) is 54.6 Å². The summed E-state index contributed by atoms with van der Waals surface area (Å²) in [5.74, 6) is -0.123. The van der Waals surface area contributed by atoms with Crippen molar-refractivity contribution in [2.75, 3.05) is 13.7 Å². The number of ether oxygens (including phenoxy) is 2. The number of thioether (sulfide) groups is 1. The highest BCUT2D eigenvalue weighted by molar-refractivity contribution is 9.10. The van der Waals surface area contributed by atoms with E-state index in [0.717, 1.165) is 26.7 Å². The number of hydrogen-bond acceptors (Lipinski definition) is 8. The lowest BCUT2D eigenvalue weighted by Crippen LogP contribution is -2.33. The summed E-state index contributed by atoms with van der Waals surface area (Å²) >= 11 is 7.52. The van der Waals surface area contributed by atoms with Gasteiger partial charge < -0.3 is 9.47 Å². The van der Waals surface area contributed by atoms with Crippen LogP contribution in [0, 0.1) is 10.1 Å². The van der Waals surface area contributed by atoms with Gasteiger partial charge in [-0.15, -0.1) is 0 Å². The summed E-state index contributed by atoms with van der Waals surface area (Å²) in [7, 11) is 1.47. The van der Waals surface area contributed by atoms with E-state index in [1.165, 1.54) is 19.2 Å². The van der Waals surface area contributed by atoms with Crippen molar-refractivity contribution in [2.24, 2.45) is 0 Å². The highest BCUT2D eigenvalue weighted by atomic mass is 79.9. The highest BCUT2D eigenvalue weighted by Gasteiger charge is 2.36. The first-order valence-electron chi connectivity index (χ1n) is 10.9. The monoisotopic (exact) mass is 660 g/mol. The molecule has 1 aliphatic rings. The summed E-state index contributed by atoms with van der Waals surface area (Å²) in [6.45, 7) is -0.213. The second-order valence-corrected chi connectivity index (χ2v) is 10.7. The summed E-state index contributed by atoms with van der Waals surface area (Å²) in [5, 5.41) is 10.3. The van der Waals surface area contributed by atoms with E-state index in [9.17, 15) is 24.5 Å². The van der Waals surface area contributed by atoms with Crippen molar-refractivity contribution in [1.29, 1.82) is 0 Å². The molecule has 2 amide bonds. The van der Waals surface area contributed by atoms with Gasteiger partial charge in [0.2, 0.25) is 0 Å². The summed E-state index contributed by atoms with van der Waals surface area (Å²) in [6.07, 6.45) is 1.54. The molecule has 3 aromatic carbocycles. The van der Waals surface area contributed by atoms with Crippen molar-refractivity contribution in [3.8, 4) is 11.5 Å². The first kappa shape index (κ1) is 27.6. The molecule has 0 radical (unpaired) electrons. The van der Waals surface area contributed by atoms with Gasteiger partial charge in [-0.2, -0.15) is 0 Å². The number of carbonyl (C=O) groups is 3. The van der Waals surface area contributed by atoms with Gasteiger partial charge in [0.25, 0.3) is 16.8 Å². The SMILES string of the molecule is COc1cc(/C=C2/SC(=O)N(CC(=O)c3ccc(Br)cc3)C2=O)c(Br)cc1OCc1ccc([N+](=O)[O-])cc1. The van der Waals surface area contributed by atoms with E-state index in [4.69, 9.17) is 9.47 Å². The molecule has 1 fully saturated rings. The van der Waals surface area contributed by atoms with Crippen LogP contribution in [0.3, 0.4) is 0 Å². The smallest absolute Gasteiger partial charge is 0.293 e. The number of hydrogen-bond donors (Lipinski definition) is 0. The minimum atomic E-state index is -0.560. The fourth-order valence-corrected chi connectivity index (χ4v) is 4.99. The van der Waals surface area contributed by atoms with Gasteiger partial charge in [0, 0.05) is 26.6 Å². The van der Waals surface area contributed by atoms with Crippen LogP contribution in [0.2, 0.25) is 0 Å². The molecular weight excluding hydrogens is 644 g/mol. The number of halogens is 2. The lowest BCUT2D eigenvalue weighted by atomic mass is 10.1. The zero-order chi connectivity index (χ0) is 27.4. The topological polar surface area (TPSA) is 116 Å². The molecular formula is C26H18Br2N2O7S. The molecule has 0 bridgehead atoms. The van der Waals surface area contributed by atoms with E-state index >= 15 is 0 Å². The summed E-state index contributed by atoms with van der Waals surface area (Å²) in [5.41, 5.74) is 1.67. The predicted molar refractivity (Wildman–Crippen MR) is 149 cm³/mol. The van der Waals surface area contributed by atoms with Crippen LogP contribution in [-0.4, -0.2) is 40.4 Å². The van der Waals surface area contributed by atoms with E-state index in [-0.39, 0.29) is 29.5 Å². The molecule has 0 N–H and O–H groups in total. The Balaban J connectivity index is 1.49. The summed E-state index contributed by atoms with van der Waals surface area (Å²) < 4.78 is 12.7. The molecule has 194 valence electrons. The normalized spacial score (nSPS) is 14.2. The fourth-order valence-electron chi connectivity index (χ4n) is 3.46. The molecule has 0 unspecified atom stereocenters. The third-order valence-corrected chi connectivity index (χ3v) is 7.58. The molecule has 12 heteroatoms. The van der Waals surface area contributed by atoms with Crippen LogP contribution in [0.4, 0.5) is 10.5 Å². The van der Waals surface area contributed by atoms with Crippen LogP contribution in [-0.2, 0) is 11.4 Å². The lowest BCUT2D eigenvalue weighted by molar-refractivity contribution is -0.384. The second kappa shape index (κ2) is 11.9. The maximum atomic E-state index is 12.9. The van der Waals surface area contributed by atoms with Crippen molar-refractivity contribution in [3.63, 3.8) is 0 Å². The Morgan fingerprint density at radius 1 is 1.05 bits per heavy atom. The van der Waals surface area contributed by atoms with E-state index in [2.05, 4.69) is 31.9 Å². The molecule has 0 aromatic heterocycles. The molecule has 0 aliphatic carbocycles. The molecule has 0 atom stereocenters. The molecule has 1 aliphatic heterocycles. The predicted octanol–water partition coefficient (Wildman–Crippen LogP) is 6.63. The number of carbonyl (C=O) groups excluding carboxylic acids is 3. The maximum absolute atomic E-state index is 12.9. The average Bonchev–Trinajstić information content (AvgIpc) is 3.16. The number of Topliss-reactive ketones (excluding diaryl/α,β-unsaturated/α-hetero) is 1. The van der Waals surface area contributed by atoms with Gasteiger partial charge in [0.1, 0.15) is 6.61 Å². The third kappa shape index (κ3) is 6.32. The van der Waals surface area contributed by atoms with E-state index in [0.29, 0.717) is 27.1 Å². The van der Waals surface area contributed by atoms with Gasteiger partial charge >= 0.3 is 0 Å². The van der Waals surface area contributed by atoms with Crippen LogP contribution in [0.1, 0.15) is 21.5 Å². The molecule has 1 saturated heterocycles. The standard InChI is InChI=1S/C26H18Br2N2O7S/c1-36-22-10-17(20(28)12-23(22)37-14-15-2-8-19(9-3-15)30(34)35)11-24-25(32)29(26(33)38-24)13-21(31)16-4-6-18(27)7-5-16/h2-12H,13-14H2,1H3/b24-11+. The Kier molecular flexibility index (Phi) is 8.65. The number of nitro benzene ring substituents is 1. The fraction of sp³-hybridized carbons (Fsp3) is 0.115. The van der Waals surface area contributed by atoms with Crippen molar-refractivity contribution in [2.45, 2.75) is 6.61 Å². The minimum absolute atomic E-state index is 0.0134. The molecule has 0 saturated carbocycles. The summed E-state index contributed by atoms with van der Waals surface area (Å²) in [4.78, 5) is 49.5. The Morgan fingerprint density at radius 2 is 1.74 bits per heavy atom. The van der Waals surface area contributed by atoms with Gasteiger partial charge in [-0.25, -0.2) is 0 Å². The average molecular weight is 662 g/mol. The zero-order valence-corrected chi connectivity index (χ0v) is 23.7. The maximum Gasteiger partial charge on any atom is 0.293 e. The summed E-state index contributed by atoms with van der Waals surface area (Å²) in [6, 6.07) is 16.0. The van der Waals surface area contributed by atoms with Gasteiger partial charge in [-0.05, 0) is 65.4 Å². The third-order valence-electron chi connectivity index (χ3n) is 5.45. The molecule has 3 aromatic rings. The molecule has 4 rings (SSSR count). The number of non-ortho nitro benzene ring substituents is 1. The van der Waals surface area contributed by atoms with Gasteiger partial charge in [-0.3, -0.25) is 29.4 Å². The van der Waals surface area contributed by atoms with Crippen LogP contribution in [0.15, 0.2) is 74.5 Å². The van der Waals surface area contributed by atoms with Crippen LogP contribution in [0.5, 0.6) is 11.5 Å². The van der Waals surface area contributed by atoms with Crippen LogP contribution < -0.4 is 9.47 Å². The Labute approximate surface area is 238 Å². The lowest BCUT2D eigenvalue weighted by Gasteiger charge is -2.13. The minimum Gasteiger partial charge on any atom is -0.493 e. The number of methoxy groups -OCH3 is 1. The largest absolute Gasteiger partial charge is 0.493 e. The van der Waals surface area contributed by atoms with E-state index < -0.39 is 16.1 Å². The Morgan fingerprint density at radius 3 is 2.37 bits per heavy atom. The van der Waals surface area contributed by atoms with Gasteiger partial charge in [-0.1, -0.05) is 44.0 Å². The number of rotatable bonds is 9. The van der Waals surface area contributed by atoms with Crippen molar-refractivity contribution >= 4 is 72.3 Å². The number of benzene rings is 3. The van der Waals surface area contributed by atoms with Crippen molar-refractivity contribution in [3.05, 3.63) is 101 Å². The Bertz CT molecular complexity index is 1460. The van der Waals surface area contributed by atoms with Crippen molar-refractivity contribution < 1.29 is 28.8 Å². The Hall–Kier alpha value is -3.48. The molecule has 0 spiro atoms. The number of nitrogens with zero attached hydrogens (tertiary/aromatic N) is 2. The first-order chi connectivity index (χ1) is 18.2. The van der Waals surface area contributed by atoms with Gasteiger partial charge in [0.05, 0.1) is 23.5 Å². The highest BCUT2D eigenvalue weighted by Crippen LogP contribution is 2.38. The quantitative estimate of drug-likeness (QED) is 0.109. The molecule has 9 nitrogen and oxygen atoms in total. The second-order valence-electron chi connectivity index (χ2n) is 7.93. The number of ketones is 1. The number of amides is 2. The van der Waals surface area contributed by atoms with Crippen LogP contribution >= 0.6 is 43.6 Å². The molecule has 38 heavy (non-hydrogen) atoms. The van der Waals surface area contributed by atoms with Crippen LogP contribution in [0.25, 0.3) is 6.08 Å². The number of imide groups is 1. The van der Waals surface area contributed by atoms with E-state index in [1.807, 2.05) is 0 Å². The van der Waals surface area contributed by atoms with Gasteiger partial charge in [0.15, 0.2) is 17.3 Å². The first-order valence-corrected chi connectivity index (χ1v) is 13.3.